The van der Waals surface area contributed by atoms with E-state index in [2.05, 4.69) is 4.98 Å². The summed E-state index contributed by atoms with van der Waals surface area (Å²) in [6, 6.07) is 11.7. The van der Waals surface area contributed by atoms with Gasteiger partial charge in [-0.2, -0.15) is 0 Å². The molecule has 0 aliphatic heterocycles. The lowest BCUT2D eigenvalue weighted by molar-refractivity contribution is -0.113. The third-order valence-corrected chi connectivity index (χ3v) is 3.26. The predicted molar refractivity (Wildman–Crippen MR) is 72.7 cm³/mol. The van der Waals surface area contributed by atoms with Gasteiger partial charge < -0.3 is 0 Å². The minimum Gasteiger partial charge on any atom is -0.281 e. The Morgan fingerprint density at radius 1 is 1.28 bits per heavy atom. The van der Waals surface area contributed by atoms with Crippen molar-refractivity contribution in [3.05, 3.63) is 65.5 Å². The maximum absolute atomic E-state index is 11.6. The second-order valence-electron chi connectivity index (χ2n) is 4.28. The second kappa shape index (κ2) is 5.78. The number of benzene rings is 1. The van der Waals surface area contributed by atoms with Gasteiger partial charge in [0.15, 0.2) is 0 Å². The second-order valence-corrected chi connectivity index (χ2v) is 4.65. The van der Waals surface area contributed by atoms with Crippen molar-refractivity contribution in [3.8, 4) is 0 Å². The van der Waals surface area contributed by atoms with Crippen LogP contribution in [-0.2, 0) is 11.2 Å². The molecule has 3 heteroatoms. The smallest absolute Gasteiger partial charge is 0.229 e. The Balaban J connectivity index is 2.30. The molecule has 0 aliphatic rings. The minimum absolute atomic E-state index is 0.308. The highest BCUT2D eigenvalue weighted by Gasteiger charge is 2.20. The molecule has 1 atom stereocenters. The molecular weight excluding hydrogens is 246 g/mol. The van der Waals surface area contributed by atoms with Gasteiger partial charge in [-0.15, -0.1) is 0 Å². The first-order valence-electron chi connectivity index (χ1n) is 5.82. The summed E-state index contributed by atoms with van der Waals surface area (Å²) in [4.78, 5) is 15.7. The lowest BCUT2D eigenvalue weighted by Gasteiger charge is -2.15. The van der Waals surface area contributed by atoms with Gasteiger partial charge in [-0.05, 0) is 47.7 Å². The van der Waals surface area contributed by atoms with Crippen molar-refractivity contribution in [1.82, 2.24) is 4.98 Å². The average molecular weight is 260 g/mol. The van der Waals surface area contributed by atoms with Gasteiger partial charge in [0.1, 0.15) is 0 Å². The molecule has 2 nitrogen and oxygen atoms in total. The quantitative estimate of drug-likeness (QED) is 0.787. The van der Waals surface area contributed by atoms with E-state index in [4.69, 9.17) is 11.6 Å². The van der Waals surface area contributed by atoms with Crippen LogP contribution in [0.15, 0.2) is 48.8 Å². The van der Waals surface area contributed by atoms with Gasteiger partial charge in [-0.25, -0.2) is 0 Å². The summed E-state index contributed by atoms with van der Waals surface area (Å²) in [6.45, 7) is 1.99. The van der Waals surface area contributed by atoms with E-state index in [-0.39, 0.29) is 11.2 Å². The molecular formula is C15H14ClNO. The molecule has 18 heavy (non-hydrogen) atoms. The molecule has 92 valence electrons. The first-order chi connectivity index (χ1) is 8.68. The number of nitrogens with zero attached hydrogens (tertiary/aromatic N) is 1. The molecule has 0 amide bonds. The summed E-state index contributed by atoms with van der Waals surface area (Å²) in [5.74, 6) is -0.308. The Hall–Kier alpha value is -1.67. The fraction of sp³-hybridized carbons (Fsp3) is 0.200. The van der Waals surface area contributed by atoms with Crippen LogP contribution in [-0.4, -0.2) is 10.2 Å². The Labute approximate surface area is 112 Å². The van der Waals surface area contributed by atoms with Crippen molar-refractivity contribution >= 4 is 16.8 Å². The van der Waals surface area contributed by atoms with Crippen molar-refractivity contribution < 1.29 is 4.79 Å². The number of rotatable bonds is 4. The van der Waals surface area contributed by atoms with Gasteiger partial charge in [-0.1, -0.05) is 30.3 Å². The van der Waals surface area contributed by atoms with Crippen LogP contribution in [0.3, 0.4) is 0 Å². The molecule has 0 N–H and O–H groups in total. The highest BCUT2D eigenvalue weighted by Crippen LogP contribution is 2.25. The zero-order chi connectivity index (χ0) is 13.0. The van der Waals surface area contributed by atoms with Gasteiger partial charge in [-0.3, -0.25) is 9.78 Å². The molecule has 1 heterocycles. The Morgan fingerprint density at radius 3 is 2.67 bits per heavy atom. The summed E-state index contributed by atoms with van der Waals surface area (Å²) in [6.07, 6.45) is 4.07. The summed E-state index contributed by atoms with van der Waals surface area (Å²) < 4.78 is 0. The SMILES string of the molecule is Cc1ccccc1C(Cc1cccnc1)C(=O)Cl. The van der Waals surface area contributed by atoms with Crippen LogP contribution in [0.1, 0.15) is 22.6 Å². The number of pyridine rings is 1. The van der Waals surface area contributed by atoms with Gasteiger partial charge >= 0.3 is 0 Å². The maximum atomic E-state index is 11.6. The van der Waals surface area contributed by atoms with E-state index in [1.807, 2.05) is 43.3 Å². The zero-order valence-corrected chi connectivity index (χ0v) is 10.9. The van der Waals surface area contributed by atoms with Gasteiger partial charge in [0.25, 0.3) is 0 Å². The summed E-state index contributed by atoms with van der Waals surface area (Å²) in [5.41, 5.74) is 3.08. The van der Waals surface area contributed by atoms with E-state index in [0.29, 0.717) is 6.42 Å². The Bertz CT molecular complexity index is 539. The molecule has 2 rings (SSSR count). The molecule has 0 fully saturated rings. The molecule has 1 aromatic heterocycles. The first-order valence-corrected chi connectivity index (χ1v) is 6.20. The van der Waals surface area contributed by atoms with Gasteiger partial charge in [0, 0.05) is 12.4 Å². The molecule has 1 aromatic carbocycles. The highest BCUT2D eigenvalue weighted by molar-refractivity contribution is 6.64. The van der Waals surface area contributed by atoms with Crippen molar-refractivity contribution in [2.24, 2.45) is 0 Å². The minimum atomic E-state index is -0.326. The van der Waals surface area contributed by atoms with E-state index >= 15 is 0 Å². The number of carbonyl (C=O) groups is 1. The number of carbonyl (C=O) groups excluding carboxylic acids is 1. The largest absolute Gasteiger partial charge is 0.281 e. The molecule has 0 spiro atoms. The number of aryl methyl sites for hydroxylation is 1. The van der Waals surface area contributed by atoms with Crippen LogP contribution in [0, 0.1) is 6.92 Å². The fourth-order valence-corrected chi connectivity index (χ4v) is 2.24. The molecule has 0 aliphatic carbocycles. The maximum Gasteiger partial charge on any atom is 0.229 e. The number of hydrogen-bond donors (Lipinski definition) is 0. The van der Waals surface area contributed by atoms with Crippen LogP contribution in [0.4, 0.5) is 0 Å². The van der Waals surface area contributed by atoms with Crippen LogP contribution < -0.4 is 0 Å². The van der Waals surface area contributed by atoms with E-state index in [9.17, 15) is 4.79 Å². The van der Waals surface area contributed by atoms with Crippen LogP contribution in [0.2, 0.25) is 0 Å². The molecule has 0 saturated carbocycles. The highest BCUT2D eigenvalue weighted by atomic mass is 35.5. The molecule has 1 unspecified atom stereocenters. The van der Waals surface area contributed by atoms with Gasteiger partial charge in [0.2, 0.25) is 5.24 Å². The van der Waals surface area contributed by atoms with E-state index < -0.39 is 0 Å². The lowest BCUT2D eigenvalue weighted by Crippen LogP contribution is -2.11. The predicted octanol–water partition coefficient (Wildman–Crippen LogP) is 3.48. The van der Waals surface area contributed by atoms with Crippen LogP contribution in [0.5, 0.6) is 0 Å². The van der Waals surface area contributed by atoms with Crippen LogP contribution in [0.25, 0.3) is 0 Å². The summed E-state index contributed by atoms with van der Waals surface area (Å²) in [7, 11) is 0. The molecule has 0 saturated heterocycles. The normalized spacial score (nSPS) is 12.1. The summed E-state index contributed by atoms with van der Waals surface area (Å²) >= 11 is 5.74. The van der Waals surface area contributed by atoms with Crippen molar-refractivity contribution in [2.45, 2.75) is 19.3 Å². The molecule has 0 radical (unpaired) electrons. The summed E-state index contributed by atoms with van der Waals surface area (Å²) in [5, 5.41) is -0.326. The first kappa shape index (κ1) is 12.8. The monoisotopic (exact) mass is 259 g/mol. The van der Waals surface area contributed by atoms with Crippen LogP contribution >= 0.6 is 11.6 Å². The van der Waals surface area contributed by atoms with Crippen molar-refractivity contribution in [3.63, 3.8) is 0 Å². The Kier molecular flexibility index (Phi) is 4.11. The third-order valence-electron chi connectivity index (χ3n) is 3.00. The zero-order valence-electron chi connectivity index (χ0n) is 10.1. The van der Waals surface area contributed by atoms with E-state index in [0.717, 1.165) is 16.7 Å². The number of aromatic nitrogens is 1. The lowest BCUT2D eigenvalue weighted by atomic mass is 9.91. The third kappa shape index (κ3) is 2.96. The fourth-order valence-electron chi connectivity index (χ4n) is 2.04. The average Bonchev–Trinajstić information content (AvgIpc) is 2.38. The van der Waals surface area contributed by atoms with Gasteiger partial charge in [0.05, 0.1) is 5.92 Å². The number of halogens is 1. The topological polar surface area (TPSA) is 30.0 Å². The van der Waals surface area contributed by atoms with E-state index in [1.54, 1.807) is 12.4 Å². The van der Waals surface area contributed by atoms with Crippen molar-refractivity contribution in [2.75, 3.05) is 0 Å². The molecule has 0 bridgehead atoms. The van der Waals surface area contributed by atoms with Crippen molar-refractivity contribution in [1.29, 1.82) is 0 Å². The molecule has 2 aromatic rings. The Morgan fingerprint density at radius 2 is 2.06 bits per heavy atom. The number of hydrogen-bond acceptors (Lipinski definition) is 2. The standard InChI is InChI=1S/C15H14ClNO/c1-11-5-2-3-7-13(11)14(15(16)18)9-12-6-4-8-17-10-12/h2-8,10,14H,9H2,1H3. The van der Waals surface area contributed by atoms with E-state index in [1.165, 1.54) is 0 Å².